The monoisotopic (exact) mass is 731 g/mol. The van der Waals surface area contributed by atoms with Crippen molar-refractivity contribution in [1.82, 2.24) is 19.4 Å². The summed E-state index contributed by atoms with van der Waals surface area (Å²) < 4.78 is 63.4. The Morgan fingerprint density at radius 3 is 2.30 bits per heavy atom. The van der Waals surface area contributed by atoms with E-state index in [1.54, 1.807) is 30.3 Å². The number of hydrogen-bond donors (Lipinski definition) is 1. The number of nitrogens with zero attached hydrogens (tertiary/aromatic N) is 4. The summed E-state index contributed by atoms with van der Waals surface area (Å²) in [4.78, 5) is 34.2. The minimum Gasteiger partial charge on any atom is -0.484 e. The molecule has 3 heterocycles. The Morgan fingerprint density at radius 1 is 0.920 bits per heavy atom. The van der Waals surface area contributed by atoms with Crippen LogP contribution < -0.4 is 14.8 Å². The number of alkyl halides is 3. The molecule has 2 amide bonds. The molecule has 2 aromatic heterocycles. The van der Waals surface area contributed by atoms with Gasteiger partial charge in [0.1, 0.15) is 23.0 Å². The van der Waals surface area contributed by atoms with E-state index in [0.29, 0.717) is 49.9 Å². The Hall–Kier alpha value is -4.85. The summed E-state index contributed by atoms with van der Waals surface area (Å²) in [6, 6.07) is 20.8. The second-order valence-corrected chi connectivity index (χ2v) is 11.9. The van der Waals surface area contributed by atoms with E-state index in [9.17, 15) is 27.2 Å². The largest absolute Gasteiger partial charge is 0.484 e. The molecule has 262 valence electrons. The van der Waals surface area contributed by atoms with Gasteiger partial charge in [0.15, 0.2) is 6.61 Å². The number of halogens is 6. The minimum atomic E-state index is -4.39. The van der Waals surface area contributed by atoms with Gasteiger partial charge < -0.3 is 24.3 Å². The molecule has 1 aliphatic heterocycles. The van der Waals surface area contributed by atoms with Crippen molar-refractivity contribution >= 4 is 52.4 Å². The van der Waals surface area contributed by atoms with Crippen LogP contribution in [-0.4, -0.2) is 70.1 Å². The summed E-state index contributed by atoms with van der Waals surface area (Å²) in [5.74, 6) is -0.352. The number of anilines is 1. The normalized spacial score (nSPS) is 13.5. The summed E-state index contributed by atoms with van der Waals surface area (Å²) in [6.45, 7) is 1.63. The van der Waals surface area contributed by atoms with Crippen LogP contribution in [0.4, 0.5) is 23.2 Å². The van der Waals surface area contributed by atoms with Crippen LogP contribution in [0.5, 0.6) is 17.4 Å². The first-order chi connectivity index (χ1) is 23.4. The van der Waals surface area contributed by atoms with Gasteiger partial charge in [0.05, 0.1) is 22.4 Å². The van der Waals surface area contributed by atoms with E-state index in [2.05, 4.69) is 15.2 Å². The second-order valence-electron chi connectivity index (χ2n) is 11.5. The molecule has 15 heteroatoms. The highest BCUT2D eigenvalue weighted by molar-refractivity contribution is 6.30. The van der Waals surface area contributed by atoms with Crippen LogP contribution in [0, 0.1) is 5.82 Å². The molecule has 0 bridgehead atoms. The summed E-state index contributed by atoms with van der Waals surface area (Å²) >= 11 is 5.69. The number of aryl methyl sites for hydroxylation is 1. The molecule has 50 heavy (non-hydrogen) atoms. The van der Waals surface area contributed by atoms with E-state index in [0.717, 1.165) is 22.5 Å². The quantitative estimate of drug-likeness (QED) is 0.156. The van der Waals surface area contributed by atoms with Crippen LogP contribution in [0.2, 0.25) is 5.02 Å². The average molecular weight is 733 g/mol. The zero-order valence-electron chi connectivity index (χ0n) is 26.5. The first kappa shape index (κ1) is 36.4. The molecule has 0 aliphatic carbocycles. The van der Waals surface area contributed by atoms with Crippen LogP contribution >= 0.6 is 24.0 Å². The smallest absolute Gasteiger partial charge is 0.422 e. The number of piperazine rings is 1. The van der Waals surface area contributed by atoms with Crippen molar-refractivity contribution in [1.29, 1.82) is 0 Å². The number of rotatable bonds is 9. The van der Waals surface area contributed by atoms with Crippen LogP contribution in [0.3, 0.4) is 0 Å². The van der Waals surface area contributed by atoms with Crippen molar-refractivity contribution < 1.29 is 36.6 Å². The fourth-order valence-corrected chi connectivity index (χ4v) is 5.56. The van der Waals surface area contributed by atoms with Gasteiger partial charge in [-0.2, -0.15) is 13.2 Å². The molecule has 0 unspecified atom stereocenters. The third kappa shape index (κ3) is 8.84. The molecule has 0 radical (unpaired) electrons. The van der Waals surface area contributed by atoms with Crippen molar-refractivity contribution in [3.05, 3.63) is 113 Å². The van der Waals surface area contributed by atoms with Gasteiger partial charge in [-0.15, -0.1) is 12.4 Å². The number of amides is 2. The minimum absolute atomic E-state index is 0. The van der Waals surface area contributed by atoms with Crippen molar-refractivity contribution in [2.24, 2.45) is 7.05 Å². The fraction of sp³-hybridized carbons (Fsp3) is 0.229. The van der Waals surface area contributed by atoms with E-state index in [4.69, 9.17) is 21.1 Å². The third-order valence-corrected chi connectivity index (χ3v) is 8.33. The zero-order valence-corrected chi connectivity index (χ0v) is 28.1. The first-order valence-electron chi connectivity index (χ1n) is 15.2. The Kier molecular flexibility index (Phi) is 11.2. The molecule has 3 aromatic carbocycles. The Bertz CT molecular complexity index is 1980. The number of carbonyl (C=O) groups is 2. The van der Waals surface area contributed by atoms with E-state index in [-0.39, 0.29) is 40.5 Å². The van der Waals surface area contributed by atoms with Gasteiger partial charge in [-0.25, -0.2) is 9.37 Å². The van der Waals surface area contributed by atoms with Gasteiger partial charge in [0.25, 0.3) is 11.8 Å². The molecule has 5 aromatic rings. The predicted molar refractivity (Wildman–Crippen MR) is 183 cm³/mol. The number of carbonyl (C=O) groups excluding carboxylic acids is 2. The summed E-state index contributed by atoms with van der Waals surface area (Å²) in [5, 5.41) is 3.44. The lowest BCUT2D eigenvalue weighted by Crippen LogP contribution is -2.48. The number of nitrogens with one attached hydrogen (secondary N) is 1. The maximum atomic E-state index is 13.7. The summed E-state index contributed by atoms with van der Waals surface area (Å²) in [5.41, 5.74) is 2.77. The molecule has 0 saturated carbocycles. The van der Waals surface area contributed by atoms with Crippen LogP contribution in [0.15, 0.2) is 85.1 Å². The molecule has 6 rings (SSSR count). The maximum Gasteiger partial charge on any atom is 0.422 e. The van der Waals surface area contributed by atoms with Crippen molar-refractivity contribution in [3.63, 3.8) is 0 Å². The Balaban J connectivity index is 0.00000486. The van der Waals surface area contributed by atoms with Crippen LogP contribution in [-0.2, 0) is 13.6 Å². The molecule has 1 saturated heterocycles. The number of aromatic nitrogens is 2. The molecular formula is C35H31Cl2F4N5O4. The molecule has 1 N–H and O–H groups in total. The van der Waals surface area contributed by atoms with E-state index < -0.39 is 24.5 Å². The van der Waals surface area contributed by atoms with Crippen molar-refractivity contribution in [2.45, 2.75) is 12.7 Å². The van der Waals surface area contributed by atoms with Crippen molar-refractivity contribution in [3.8, 4) is 17.4 Å². The van der Waals surface area contributed by atoms with Gasteiger partial charge in [-0.05, 0) is 60.2 Å². The standard InChI is InChI=1S/C35H30ClF4N5O4.ClH/c1-43-30-18-27(49-32-11-6-25(19-41-32)42-33(46)24-5-10-28(36)29(37)16-24)9-4-23(30)17-31(43)34(47)45-14-12-44(13-15-45)20-22-2-7-26(8-3-22)48-21-35(38,39)40;/h2-11,16-19H,12-15,20-21H2,1H3,(H,42,46);1H. The predicted octanol–water partition coefficient (Wildman–Crippen LogP) is 7.73. The zero-order chi connectivity index (χ0) is 34.7. The number of ether oxygens (including phenoxy) is 2. The number of pyridine rings is 1. The van der Waals surface area contributed by atoms with Gasteiger partial charge in [-0.3, -0.25) is 14.5 Å². The lowest BCUT2D eigenvalue weighted by Gasteiger charge is -2.34. The van der Waals surface area contributed by atoms with Crippen molar-refractivity contribution in [2.75, 3.05) is 38.1 Å². The molecular weight excluding hydrogens is 701 g/mol. The average Bonchev–Trinajstić information content (AvgIpc) is 3.41. The Morgan fingerprint density at radius 2 is 1.64 bits per heavy atom. The molecule has 1 aliphatic rings. The lowest BCUT2D eigenvalue weighted by molar-refractivity contribution is -0.153. The fourth-order valence-electron chi connectivity index (χ4n) is 5.44. The second kappa shape index (κ2) is 15.4. The SMILES string of the molecule is Cl.Cn1c(C(=O)N2CCN(Cc3ccc(OCC(F)(F)F)cc3)CC2)cc2ccc(Oc3ccc(NC(=O)c4ccc(Cl)c(F)c4)cn3)cc21. The third-order valence-electron chi connectivity index (χ3n) is 8.03. The van der Waals surface area contributed by atoms with Gasteiger partial charge >= 0.3 is 6.18 Å². The molecule has 1 fully saturated rings. The topological polar surface area (TPSA) is 88.9 Å². The highest BCUT2D eigenvalue weighted by atomic mass is 35.5. The van der Waals surface area contributed by atoms with Crippen LogP contribution in [0.1, 0.15) is 26.4 Å². The first-order valence-corrected chi connectivity index (χ1v) is 15.6. The van der Waals surface area contributed by atoms with Gasteiger partial charge in [0.2, 0.25) is 5.88 Å². The molecule has 0 spiro atoms. The summed E-state index contributed by atoms with van der Waals surface area (Å²) in [6.07, 6.45) is -2.97. The lowest BCUT2D eigenvalue weighted by atomic mass is 10.2. The van der Waals surface area contributed by atoms with E-state index >= 15 is 0 Å². The highest BCUT2D eigenvalue weighted by Gasteiger charge is 2.28. The molecule has 0 atom stereocenters. The number of hydrogen-bond acceptors (Lipinski definition) is 6. The van der Waals surface area contributed by atoms with E-state index in [1.807, 2.05) is 34.7 Å². The van der Waals surface area contributed by atoms with E-state index in [1.165, 1.54) is 30.5 Å². The Labute approximate surface area is 295 Å². The molecule has 9 nitrogen and oxygen atoms in total. The summed E-state index contributed by atoms with van der Waals surface area (Å²) in [7, 11) is 1.82. The van der Waals surface area contributed by atoms with Crippen LogP contribution in [0.25, 0.3) is 10.9 Å². The van der Waals surface area contributed by atoms with Gasteiger partial charge in [0, 0.05) is 62.9 Å². The van der Waals surface area contributed by atoms with Gasteiger partial charge in [-0.1, -0.05) is 23.7 Å². The highest BCUT2D eigenvalue weighted by Crippen LogP contribution is 2.28. The maximum absolute atomic E-state index is 13.7. The number of benzene rings is 3. The number of fused-ring (bicyclic) bond motifs is 1.